The van der Waals surface area contributed by atoms with Crippen LogP contribution in [0.5, 0.6) is 86.2 Å². The quantitative estimate of drug-likeness (QED) is 0.105. The average Bonchev–Trinajstić information content (AvgIpc) is 3.24. The molecule has 9 rings (SSSR count). The number of phenolic OH excluding ortho intramolecular Hbond substituents is 12. The van der Waals surface area contributed by atoms with Crippen LogP contribution in [0.3, 0.4) is 0 Å². The van der Waals surface area contributed by atoms with Crippen LogP contribution in [-0.4, -0.2) is 94.9 Å². The Hall–Kier alpha value is -7.80. The SMILES string of the molecule is Oc1ccc([C@H]2Oc3c(O)c(O)cc(-c4c(O)c5c(c(-c6cc(O)c(O)c7c6C[C@H](O)[C@@H](c6ccc(O)c(O)c6)O7)c4O)O[C@@H](c4ccc(O)c(O)c4)[C@@H](O)C5)c3C[C@@H]2O)cc1O. The Kier molecular flexibility index (Phi) is 9.46. The highest BCUT2D eigenvalue weighted by atomic mass is 16.5. The van der Waals surface area contributed by atoms with Crippen LogP contribution in [0.15, 0.2) is 66.7 Å². The van der Waals surface area contributed by atoms with Crippen molar-refractivity contribution >= 4 is 0 Å². The first kappa shape index (κ1) is 40.6. The van der Waals surface area contributed by atoms with Crippen molar-refractivity contribution in [2.75, 3.05) is 0 Å². The third kappa shape index (κ3) is 6.46. The molecule has 0 unspecified atom stereocenters. The van der Waals surface area contributed by atoms with Crippen LogP contribution in [0.2, 0.25) is 0 Å². The molecule has 326 valence electrons. The van der Waals surface area contributed by atoms with E-state index < -0.39 is 123 Å². The Morgan fingerprint density at radius 3 is 1.06 bits per heavy atom. The van der Waals surface area contributed by atoms with Gasteiger partial charge in [0.15, 0.2) is 69.7 Å². The van der Waals surface area contributed by atoms with Gasteiger partial charge in [-0.3, -0.25) is 0 Å². The van der Waals surface area contributed by atoms with Crippen LogP contribution in [0.1, 0.15) is 51.7 Å². The Bertz CT molecular complexity index is 2870. The lowest BCUT2D eigenvalue weighted by Gasteiger charge is -2.36. The van der Waals surface area contributed by atoms with Crippen LogP contribution in [0.25, 0.3) is 22.3 Å². The zero-order chi connectivity index (χ0) is 44.9. The maximum absolute atomic E-state index is 12.6. The summed E-state index contributed by atoms with van der Waals surface area (Å²) in [7, 11) is 0. The third-order valence-corrected chi connectivity index (χ3v) is 11.7. The molecule has 6 aromatic rings. The molecule has 0 radical (unpaired) electrons. The van der Waals surface area contributed by atoms with E-state index >= 15 is 0 Å². The van der Waals surface area contributed by atoms with Crippen LogP contribution in [0.4, 0.5) is 0 Å². The van der Waals surface area contributed by atoms with E-state index in [1.54, 1.807) is 0 Å². The van der Waals surface area contributed by atoms with Crippen molar-refractivity contribution in [1.29, 1.82) is 0 Å². The van der Waals surface area contributed by atoms with E-state index in [1.165, 1.54) is 18.2 Å². The lowest BCUT2D eigenvalue weighted by molar-refractivity contribution is 0.0183. The lowest BCUT2D eigenvalue weighted by Crippen LogP contribution is -2.32. The number of fused-ring (bicyclic) bond motifs is 3. The van der Waals surface area contributed by atoms with Gasteiger partial charge in [-0.15, -0.1) is 0 Å². The summed E-state index contributed by atoms with van der Waals surface area (Å²) in [6.07, 6.45) is -9.44. The molecule has 3 heterocycles. The number of benzene rings is 6. The Balaban J connectivity index is 1.27. The number of aliphatic hydroxyl groups excluding tert-OH is 3. The van der Waals surface area contributed by atoms with Gasteiger partial charge < -0.3 is 90.8 Å². The standard InChI is InChI=1S/C45H38O18/c46-23-4-1-15(7-26(23)49)40-33(56)14-22-36(57)34(18-10-29(52)37(58)44-20(18)12-31(54)41(62-44)16-2-5-24(47)27(50)8-16)39(60)35(43(22)61-40)19-11-30(53)38(59)45-21(19)13-32(55)42(63-45)17-3-6-25(48)28(51)9-17/h1-11,31-33,40-42,46-60H,12-14H2/t31-,32-,33-,40-,41+,42+/m0/s1. The van der Waals surface area contributed by atoms with E-state index in [9.17, 15) is 76.6 Å². The van der Waals surface area contributed by atoms with Crippen molar-refractivity contribution in [3.05, 3.63) is 100 Å². The molecule has 3 aliphatic heterocycles. The minimum atomic E-state index is -1.48. The van der Waals surface area contributed by atoms with Crippen molar-refractivity contribution in [2.45, 2.75) is 55.9 Å². The van der Waals surface area contributed by atoms with Gasteiger partial charge in [0.05, 0.1) is 29.4 Å². The van der Waals surface area contributed by atoms with E-state index in [2.05, 4.69) is 0 Å². The normalized spacial score (nSPS) is 21.3. The van der Waals surface area contributed by atoms with E-state index in [0.717, 1.165) is 48.5 Å². The minimum absolute atomic E-state index is 0.0194. The molecule has 0 amide bonds. The van der Waals surface area contributed by atoms with Crippen LogP contribution >= 0.6 is 0 Å². The summed E-state index contributed by atoms with van der Waals surface area (Å²) >= 11 is 0. The van der Waals surface area contributed by atoms with Crippen molar-refractivity contribution < 1.29 is 90.8 Å². The van der Waals surface area contributed by atoms with Crippen LogP contribution in [0, 0.1) is 0 Å². The number of ether oxygens (including phenoxy) is 3. The molecule has 0 bridgehead atoms. The van der Waals surface area contributed by atoms with E-state index in [1.807, 2.05) is 0 Å². The molecular formula is C45H38O18. The zero-order valence-corrected chi connectivity index (χ0v) is 32.4. The Morgan fingerprint density at radius 2 is 0.683 bits per heavy atom. The summed E-state index contributed by atoms with van der Waals surface area (Å²) in [4.78, 5) is 0. The van der Waals surface area contributed by atoms with E-state index in [0.29, 0.717) is 0 Å². The molecule has 0 spiro atoms. The van der Waals surface area contributed by atoms with Gasteiger partial charge in [-0.05, 0) is 65.2 Å². The van der Waals surface area contributed by atoms with Gasteiger partial charge >= 0.3 is 0 Å². The van der Waals surface area contributed by atoms with Gasteiger partial charge in [-0.25, -0.2) is 0 Å². The molecular weight excluding hydrogens is 828 g/mol. The first-order valence-corrected chi connectivity index (χ1v) is 19.3. The van der Waals surface area contributed by atoms with Gasteiger partial charge in [0.2, 0.25) is 11.5 Å². The molecule has 6 aromatic carbocycles. The van der Waals surface area contributed by atoms with Gasteiger partial charge in [0, 0.05) is 47.1 Å². The fraction of sp³-hybridized carbons (Fsp3) is 0.200. The summed E-state index contributed by atoms with van der Waals surface area (Å²) in [6.45, 7) is 0. The van der Waals surface area contributed by atoms with Crippen molar-refractivity contribution in [3.8, 4) is 108 Å². The predicted molar refractivity (Wildman–Crippen MR) is 216 cm³/mol. The number of phenols is 12. The first-order chi connectivity index (χ1) is 29.9. The fourth-order valence-electron chi connectivity index (χ4n) is 8.62. The molecule has 18 heteroatoms. The minimum Gasteiger partial charge on any atom is -0.507 e. The molecule has 0 saturated heterocycles. The molecule has 18 nitrogen and oxygen atoms in total. The zero-order valence-electron chi connectivity index (χ0n) is 32.4. The molecule has 63 heavy (non-hydrogen) atoms. The van der Waals surface area contributed by atoms with Gasteiger partial charge in [-0.1, -0.05) is 18.2 Å². The highest BCUT2D eigenvalue weighted by molar-refractivity contribution is 5.96. The first-order valence-electron chi connectivity index (χ1n) is 19.3. The summed E-state index contributed by atoms with van der Waals surface area (Å²) in [5.74, 6) is -8.79. The Labute approximate surface area is 354 Å². The number of aliphatic hydroxyl groups is 3. The second kappa shape index (κ2) is 14.7. The number of hydrogen-bond acceptors (Lipinski definition) is 18. The lowest BCUT2D eigenvalue weighted by atomic mass is 9.81. The monoisotopic (exact) mass is 866 g/mol. The largest absolute Gasteiger partial charge is 0.507 e. The highest BCUT2D eigenvalue weighted by Gasteiger charge is 2.43. The van der Waals surface area contributed by atoms with E-state index in [4.69, 9.17) is 14.2 Å². The van der Waals surface area contributed by atoms with Crippen molar-refractivity contribution in [2.24, 2.45) is 0 Å². The molecule has 0 fully saturated rings. The molecule has 0 aliphatic carbocycles. The number of hydrogen-bond donors (Lipinski definition) is 15. The fourth-order valence-corrected chi connectivity index (χ4v) is 8.62. The second-order valence-electron chi connectivity index (χ2n) is 15.6. The highest BCUT2D eigenvalue weighted by Crippen LogP contribution is 2.61. The predicted octanol–water partition coefficient (Wildman–Crippen LogP) is 4.60. The molecule has 15 N–H and O–H groups in total. The maximum Gasteiger partial charge on any atom is 0.200 e. The number of aromatic hydroxyl groups is 12. The third-order valence-electron chi connectivity index (χ3n) is 11.7. The summed E-state index contributed by atoms with van der Waals surface area (Å²) in [5, 5.41) is 164. The van der Waals surface area contributed by atoms with Gasteiger partial charge in [0.25, 0.3) is 0 Å². The van der Waals surface area contributed by atoms with Crippen molar-refractivity contribution in [3.63, 3.8) is 0 Å². The van der Waals surface area contributed by atoms with Crippen molar-refractivity contribution in [1.82, 2.24) is 0 Å². The molecule has 6 atom stereocenters. The summed E-state index contributed by atoms with van der Waals surface area (Å²) in [6, 6.07) is 12.9. The smallest absolute Gasteiger partial charge is 0.200 e. The van der Waals surface area contributed by atoms with E-state index in [-0.39, 0.29) is 74.4 Å². The Morgan fingerprint density at radius 1 is 0.333 bits per heavy atom. The average molecular weight is 867 g/mol. The topological polar surface area (TPSA) is 331 Å². The van der Waals surface area contributed by atoms with Crippen LogP contribution < -0.4 is 14.2 Å². The summed E-state index contributed by atoms with van der Waals surface area (Å²) < 4.78 is 18.5. The molecule has 3 aliphatic rings. The van der Waals surface area contributed by atoms with Gasteiger partial charge in [0.1, 0.15) is 23.4 Å². The van der Waals surface area contributed by atoms with Gasteiger partial charge in [-0.2, -0.15) is 0 Å². The molecule has 0 aromatic heterocycles. The molecule has 0 saturated carbocycles. The summed E-state index contributed by atoms with van der Waals surface area (Å²) in [5.41, 5.74) is -0.867. The number of rotatable bonds is 5. The van der Waals surface area contributed by atoms with Crippen LogP contribution in [-0.2, 0) is 19.3 Å². The maximum atomic E-state index is 12.6. The second-order valence-corrected chi connectivity index (χ2v) is 15.6.